The third-order valence-electron chi connectivity index (χ3n) is 6.77. The predicted octanol–water partition coefficient (Wildman–Crippen LogP) is 5.31. The van der Waals surface area contributed by atoms with Gasteiger partial charge in [-0.15, -0.1) is 12.4 Å². The Morgan fingerprint density at radius 3 is 2.42 bits per heavy atom. The minimum Gasteiger partial charge on any atom is -0.507 e. The van der Waals surface area contributed by atoms with Gasteiger partial charge in [-0.3, -0.25) is 4.68 Å². The predicted molar refractivity (Wildman–Crippen MR) is 144 cm³/mol. The molecule has 1 aliphatic heterocycles. The van der Waals surface area contributed by atoms with Crippen LogP contribution in [0.4, 0.5) is 0 Å². The molecule has 3 aromatic heterocycles. The van der Waals surface area contributed by atoms with Crippen molar-refractivity contribution in [2.75, 3.05) is 19.6 Å². The lowest BCUT2D eigenvalue weighted by Crippen LogP contribution is -2.44. The van der Waals surface area contributed by atoms with E-state index in [1.807, 2.05) is 61.8 Å². The minimum atomic E-state index is 0. The van der Waals surface area contributed by atoms with E-state index in [4.69, 9.17) is 4.98 Å². The summed E-state index contributed by atoms with van der Waals surface area (Å²) in [7, 11) is 1.89. The largest absolute Gasteiger partial charge is 0.507 e. The lowest BCUT2D eigenvalue weighted by atomic mass is 9.93. The Bertz CT molecular complexity index is 1530. The summed E-state index contributed by atoms with van der Waals surface area (Å²) in [5.74, 6) is 0.672. The maximum absolute atomic E-state index is 10.7. The smallest absolute Gasteiger partial charge is 0.123 e. The number of aromatic hydroxyl groups is 1. The highest BCUT2D eigenvalue weighted by atomic mass is 35.5. The van der Waals surface area contributed by atoms with Crippen molar-refractivity contribution < 1.29 is 5.11 Å². The van der Waals surface area contributed by atoms with Gasteiger partial charge in [-0.1, -0.05) is 37.3 Å². The van der Waals surface area contributed by atoms with Crippen molar-refractivity contribution in [3.63, 3.8) is 0 Å². The number of pyridine rings is 1. The minimum absolute atomic E-state index is 0. The van der Waals surface area contributed by atoms with Crippen molar-refractivity contribution in [2.24, 2.45) is 7.05 Å². The number of phenolic OH excluding ortho intramolecular Hbond substituents is 1. The Hall–Kier alpha value is -3.81. The quantitative estimate of drug-likeness (QED) is 0.354. The van der Waals surface area contributed by atoms with E-state index in [0.717, 1.165) is 70.0 Å². The second-order valence-electron chi connectivity index (χ2n) is 9.07. The van der Waals surface area contributed by atoms with Crippen molar-refractivity contribution in [1.82, 2.24) is 29.9 Å². The summed E-state index contributed by atoms with van der Waals surface area (Å²) in [6, 6.07) is 21.6. The lowest BCUT2D eigenvalue weighted by molar-refractivity contribution is 0.154. The van der Waals surface area contributed by atoms with Gasteiger partial charge in [-0.2, -0.15) is 15.3 Å². The Balaban J connectivity index is 0.00000267. The number of likely N-dealkylation sites (N-methyl/N-ethyl adjacent to an activating group) is 1. The molecule has 0 unspecified atom stereocenters. The molecule has 0 aliphatic carbocycles. The van der Waals surface area contributed by atoms with E-state index in [1.54, 1.807) is 10.7 Å². The topological polar surface area (TPSA) is 80.0 Å². The number of nitrogens with zero attached hydrogens (tertiary/aromatic N) is 6. The molecule has 6 rings (SSSR count). The molecule has 0 radical (unpaired) electrons. The summed E-state index contributed by atoms with van der Waals surface area (Å²) in [5.41, 5.74) is 7.87. The van der Waals surface area contributed by atoms with Crippen LogP contribution in [0.2, 0.25) is 0 Å². The van der Waals surface area contributed by atoms with Gasteiger partial charge >= 0.3 is 0 Å². The third-order valence-corrected chi connectivity index (χ3v) is 6.77. The number of likely N-dealkylation sites (tertiary alicyclic amines) is 1. The van der Waals surface area contributed by atoms with Crippen LogP contribution in [0.25, 0.3) is 44.7 Å². The number of rotatable bonds is 5. The first-order chi connectivity index (χ1) is 17.1. The van der Waals surface area contributed by atoms with Gasteiger partial charge in [0.1, 0.15) is 16.8 Å². The molecule has 7 nitrogen and oxygen atoms in total. The molecule has 1 aliphatic rings. The highest BCUT2D eigenvalue weighted by Gasteiger charge is 2.28. The monoisotopic (exact) mass is 498 g/mol. The Labute approximate surface area is 215 Å². The maximum Gasteiger partial charge on any atom is 0.123 e. The van der Waals surface area contributed by atoms with Crippen molar-refractivity contribution in [3.8, 4) is 39.4 Å². The molecule has 2 aromatic carbocycles. The summed E-state index contributed by atoms with van der Waals surface area (Å²) in [6.45, 7) is 5.33. The zero-order valence-corrected chi connectivity index (χ0v) is 21.0. The number of hydrogen-bond donors (Lipinski definition) is 1. The van der Waals surface area contributed by atoms with Crippen molar-refractivity contribution in [2.45, 2.75) is 12.8 Å². The van der Waals surface area contributed by atoms with Crippen LogP contribution < -0.4 is 0 Å². The summed E-state index contributed by atoms with van der Waals surface area (Å²) >= 11 is 0. The Morgan fingerprint density at radius 1 is 0.861 bits per heavy atom. The molecule has 0 bridgehead atoms. The average molecular weight is 499 g/mol. The molecule has 0 atom stereocenters. The van der Waals surface area contributed by atoms with Crippen LogP contribution >= 0.6 is 12.4 Å². The number of hydrogen-bond acceptors (Lipinski definition) is 6. The molecule has 36 heavy (non-hydrogen) atoms. The summed E-state index contributed by atoms with van der Waals surface area (Å²) in [5, 5.41) is 24.2. The van der Waals surface area contributed by atoms with Gasteiger partial charge in [0.05, 0.1) is 23.3 Å². The number of phenols is 1. The van der Waals surface area contributed by atoms with Crippen molar-refractivity contribution in [1.29, 1.82) is 0 Å². The number of aryl methyl sites for hydroxylation is 1. The van der Waals surface area contributed by atoms with Gasteiger partial charge in [0.2, 0.25) is 0 Å². The molecule has 0 saturated carbocycles. The van der Waals surface area contributed by atoms with E-state index in [9.17, 15) is 5.11 Å². The van der Waals surface area contributed by atoms with Gasteiger partial charge in [0.25, 0.3) is 0 Å². The second-order valence-corrected chi connectivity index (χ2v) is 9.07. The van der Waals surface area contributed by atoms with Crippen LogP contribution in [0, 0.1) is 0 Å². The average Bonchev–Trinajstić information content (AvgIpc) is 3.23. The Morgan fingerprint density at radius 2 is 1.67 bits per heavy atom. The SMILES string of the molecule is CCN1CC(c2ccc(-c3ccc(-c4ccc5nn(C)cc5n4)cc3-c3ccccc3O)nn2)C1.Cl. The molecule has 8 heteroatoms. The maximum atomic E-state index is 10.7. The fourth-order valence-electron chi connectivity index (χ4n) is 4.75. The first-order valence-electron chi connectivity index (χ1n) is 11.9. The zero-order chi connectivity index (χ0) is 23.9. The van der Waals surface area contributed by atoms with Crippen LogP contribution in [0.5, 0.6) is 5.75 Å². The summed E-state index contributed by atoms with van der Waals surface area (Å²) in [4.78, 5) is 7.20. The summed E-state index contributed by atoms with van der Waals surface area (Å²) < 4.78 is 1.77. The molecule has 1 N–H and O–H groups in total. The number of benzene rings is 2. The number of aromatic nitrogens is 5. The fraction of sp³-hybridized carbons (Fsp3) is 0.214. The van der Waals surface area contributed by atoms with Gasteiger partial charge in [0.15, 0.2) is 0 Å². The molecule has 1 saturated heterocycles. The van der Waals surface area contributed by atoms with E-state index in [-0.39, 0.29) is 18.2 Å². The summed E-state index contributed by atoms with van der Waals surface area (Å²) in [6.07, 6.45) is 1.91. The van der Waals surface area contributed by atoms with Crippen molar-refractivity contribution in [3.05, 3.63) is 78.6 Å². The highest BCUT2D eigenvalue weighted by Crippen LogP contribution is 2.39. The zero-order valence-electron chi connectivity index (χ0n) is 20.2. The van der Waals surface area contributed by atoms with Gasteiger partial charge in [0, 0.05) is 42.7 Å². The number of halogens is 1. The first-order valence-corrected chi connectivity index (χ1v) is 11.9. The van der Waals surface area contributed by atoms with Crippen LogP contribution in [-0.2, 0) is 7.05 Å². The molecule has 1 fully saturated rings. The molecule has 182 valence electrons. The van der Waals surface area contributed by atoms with E-state index in [2.05, 4.69) is 39.3 Å². The third kappa shape index (κ3) is 4.32. The Kier molecular flexibility index (Phi) is 6.43. The van der Waals surface area contributed by atoms with E-state index >= 15 is 0 Å². The van der Waals surface area contributed by atoms with E-state index < -0.39 is 0 Å². The van der Waals surface area contributed by atoms with E-state index in [0.29, 0.717) is 5.92 Å². The number of fused-ring (bicyclic) bond motifs is 1. The normalized spacial score (nSPS) is 13.9. The van der Waals surface area contributed by atoms with Gasteiger partial charge < -0.3 is 10.0 Å². The lowest BCUT2D eigenvalue weighted by Gasteiger charge is -2.37. The van der Waals surface area contributed by atoms with Gasteiger partial charge in [-0.05, 0) is 48.5 Å². The standard InChI is InChI=1S/C28H26N6O.ClH/c1-3-34-15-19(16-34)24-11-12-25(31-30-24)20-9-8-18(14-22(20)21-6-4-5-7-28(21)35)23-10-13-26-27(29-23)17-33(2)32-26;/h4-14,17,19,35H,3,15-16H2,1-2H3;1H. The molecule has 4 heterocycles. The van der Waals surface area contributed by atoms with Gasteiger partial charge in [-0.25, -0.2) is 4.98 Å². The van der Waals surface area contributed by atoms with Crippen LogP contribution in [0.3, 0.4) is 0 Å². The van der Waals surface area contributed by atoms with Crippen LogP contribution in [0.15, 0.2) is 72.9 Å². The van der Waals surface area contributed by atoms with E-state index in [1.165, 1.54) is 0 Å². The number of para-hydroxylation sites is 1. The molecule has 5 aromatic rings. The first kappa shape index (κ1) is 23.9. The molecular weight excluding hydrogens is 472 g/mol. The van der Waals surface area contributed by atoms with Crippen LogP contribution in [-0.4, -0.2) is 54.6 Å². The van der Waals surface area contributed by atoms with Crippen molar-refractivity contribution >= 4 is 23.4 Å². The fourth-order valence-corrected chi connectivity index (χ4v) is 4.75. The molecular formula is C28H27ClN6O. The second kappa shape index (κ2) is 9.68. The molecule has 0 amide bonds. The van der Waals surface area contributed by atoms with Crippen LogP contribution in [0.1, 0.15) is 18.5 Å². The highest BCUT2D eigenvalue weighted by molar-refractivity contribution is 5.88. The molecule has 0 spiro atoms.